The summed E-state index contributed by atoms with van der Waals surface area (Å²) in [5.41, 5.74) is 0. The number of rotatable bonds is 4. The summed E-state index contributed by atoms with van der Waals surface area (Å²) in [4.78, 5) is 18.9. The summed E-state index contributed by atoms with van der Waals surface area (Å²) in [5.74, 6) is 1.94. The van der Waals surface area contributed by atoms with Crippen molar-refractivity contribution in [1.29, 1.82) is 0 Å². The van der Waals surface area contributed by atoms with Gasteiger partial charge >= 0.3 is 0 Å². The summed E-state index contributed by atoms with van der Waals surface area (Å²) < 4.78 is 6.20. The van der Waals surface area contributed by atoms with Crippen LogP contribution in [0.3, 0.4) is 0 Å². The number of nitrogens with zero attached hydrogens (tertiary/aromatic N) is 5. The monoisotopic (exact) mass is 345 g/mol. The zero-order chi connectivity index (χ0) is 16.9. The molecule has 1 unspecified atom stereocenters. The lowest BCUT2D eigenvalue weighted by Gasteiger charge is -2.35. The van der Waals surface area contributed by atoms with Gasteiger partial charge in [-0.2, -0.15) is 0 Å². The van der Waals surface area contributed by atoms with Crippen LogP contribution in [-0.2, 0) is 9.57 Å². The van der Waals surface area contributed by atoms with Gasteiger partial charge in [0.05, 0.1) is 0 Å². The molecule has 1 aromatic heterocycles. The van der Waals surface area contributed by atoms with E-state index in [0.717, 1.165) is 44.3 Å². The third-order valence-electron chi connectivity index (χ3n) is 5.29. The van der Waals surface area contributed by atoms with Gasteiger partial charge < -0.3 is 14.5 Å². The Kier molecular flexibility index (Phi) is 5.30. The van der Waals surface area contributed by atoms with Gasteiger partial charge in [-0.15, -0.1) is 0 Å². The Morgan fingerprint density at radius 2 is 1.76 bits per heavy atom. The number of piperidine rings is 2. The van der Waals surface area contributed by atoms with Crippen molar-refractivity contribution in [3.8, 4) is 0 Å². The first-order valence-electron chi connectivity index (χ1n) is 9.49. The number of hydrogen-bond donors (Lipinski definition) is 0. The lowest BCUT2D eigenvalue weighted by molar-refractivity contribution is -0.0161. The van der Waals surface area contributed by atoms with E-state index in [4.69, 9.17) is 9.57 Å². The van der Waals surface area contributed by atoms with Crippen LogP contribution in [0.25, 0.3) is 0 Å². The molecule has 0 aromatic carbocycles. The number of likely N-dealkylation sites (tertiary alicyclic amines) is 1. The first-order chi connectivity index (χ1) is 12.4. The molecule has 1 aromatic rings. The van der Waals surface area contributed by atoms with Crippen LogP contribution in [0.15, 0.2) is 23.6 Å². The molecule has 4 heterocycles. The number of hydrogen-bond acceptors (Lipinski definition) is 7. The molecular formula is C18H27N5O2. The van der Waals surface area contributed by atoms with Gasteiger partial charge in [-0.25, -0.2) is 9.97 Å². The predicted molar refractivity (Wildman–Crippen MR) is 95.5 cm³/mol. The van der Waals surface area contributed by atoms with Gasteiger partial charge in [0.15, 0.2) is 6.61 Å². The van der Waals surface area contributed by atoms with Crippen LogP contribution in [0.4, 0.5) is 5.95 Å². The first-order valence-corrected chi connectivity index (χ1v) is 9.49. The van der Waals surface area contributed by atoms with E-state index in [9.17, 15) is 0 Å². The van der Waals surface area contributed by atoms with E-state index >= 15 is 0 Å². The third kappa shape index (κ3) is 4.21. The van der Waals surface area contributed by atoms with Crippen LogP contribution in [0.1, 0.15) is 32.1 Å². The minimum absolute atomic E-state index is 0.112. The summed E-state index contributed by atoms with van der Waals surface area (Å²) in [6, 6.07) is 1.85. The zero-order valence-corrected chi connectivity index (χ0v) is 14.7. The molecule has 2 saturated heterocycles. The van der Waals surface area contributed by atoms with Crippen molar-refractivity contribution in [2.24, 2.45) is 11.1 Å². The maximum Gasteiger partial charge on any atom is 0.229 e. The molecule has 7 nitrogen and oxygen atoms in total. The van der Waals surface area contributed by atoms with Crippen molar-refractivity contribution < 1.29 is 9.57 Å². The Hall–Kier alpha value is -1.89. The zero-order valence-electron chi connectivity index (χ0n) is 14.7. The fraction of sp³-hybridized carbons (Fsp3) is 0.722. The number of aromatic nitrogens is 2. The maximum absolute atomic E-state index is 6.20. The van der Waals surface area contributed by atoms with Crippen molar-refractivity contribution in [2.75, 3.05) is 44.2 Å². The van der Waals surface area contributed by atoms with Crippen molar-refractivity contribution >= 4 is 11.8 Å². The predicted octanol–water partition coefficient (Wildman–Crippen LogP) is 1.91. The van der Waals surface area contributed by atoms with Crippen LogP contribution in [-0.4, -0.2) is 66.2 Å². The Labute approximate surface area is 149 Å². The van der Waals surface area contributed by atoms with E-state index in [1.165, 1.54) is 32.4 Å². The topological polar surface area (TPSA) is 63.1 Å². The molecule has 3 aliphatic heterocycles. The van der Waals surface area contributed by atoms with Gasteiger partial charge in [-0.3, -0.25) is 4.90 Å². The first kappa shape index (κ1) is 16.6. The molecule has 1 atom stereocenters. The Morgan fingerprint density at radius 1 is 1.00 bits per heavy atom. The van der Waals surface area contributed by atoms with Crippen LogP contribution in [0, 0.1) is 5.92 Å². The second-order valence-corrected chi connectivity index (χ2v) is 7.14. The van der Waals surface area contributed by atoms with E-state index in [2.05, 4.69) is 24.9 Å². The van der Waals surface area contributed by atoms with Crippen molar-refractivity contribution in [1.82, 2.24) is 14.9 Å². The van der Waals surface area contributed by atoms with Crippen LogP contribution in [0.5, 0.6) is 0 Å². The average Bonchev–Trinajstić information content (AvgIpc) is 2.70. The SMILES string of the molecule is c1cnc(N2CCC(C3=NOCC(CN4CCCCC4)O3)CC2)nc1. The highest BCUT2D eigenvalue weighted by molar-refractivity contribution is 5.79. The van der Waals surface area contributed by atoms with Gasteiger partial charge in [-0.05, 0) is 44.8 Å². The van der Waals surface area contributed by atoms with E-state index in [-0.39, 0.29) is 6.10 Å². The van der Waals surface area contributed by atoms with Crippen LogP contribution in [0.2, 0.25) is 0 Å². The van der Waals surface area contributed by atoms with Gasteiger partial charge in [0.2, 0.25) is 11.8 Å². The van der Waals surface area contributed by atoms with Crippen molar-refractivity contribution in [3.63, 3.8) is 0 Å². The second-order valence-electron chi connectivity index (χ2n) is 7.14. The van der Waals surface area contributed by atoms with Gasteiger partial charge in [0.1, 0.15) is 6.10 Å². The molecule has 0 amide bonds. The maximum atomic E-state index is 6.20. The fourth-order valence-corrected chi connectivity index (χ4v) is 3.88. The number of ether oxygens (including phenoxy) is 1. The molecular weight excluding hydrogens is 318 g/mol. The average molecular weight is 345 g/mol. The Balaban J connectivity index is 1.28. The highest BCUT2D eigenvalue weighted by Gasteiger charge is 2.31. The molecule has 0 saturated carbocycles. The lowest BCUT2D eigenvalue weighted by atomic mass is 9.96. The highest BCUT2D eigenvalue weighted by atomic mass is 16.7. The van der Waals surface area contributed by atoms with Crippen molar-refractivity contribution in [2.45, 2.75) is 38.2 Å². The highest BCUT2D eigenvalue weighted by Crippen LogP contribution is 2.24. The van der Waals surface area contributed by atoms with E-state index in [1.54, 1.807) is 12.4 Å². The number of anilines is 1. The van der Waals surface area contributed by atoms with Crippen molar-refractivity contribution in [3.05, 3.63) is 18.5 Å². The third-order valence-corrected chi connectivity index (χ3v) is 5.29. The van der Waals surface area contributed by atoms with Gasteiger partial charge in [0.25, 0.3) is 0 Å². The molecule has 25 heavy (non-hydrogen) atoms. The summed E-state index contributed by atoms with van der Waals surface area (Å²) in [7, 11) is 0. The smallest absolute Gasteiger partial charge is 0.229 e. The van der Waals surface area contributed by atoms with Gasteiger partial charge in [0, 0.05) is 37.9 Å². The molecule has 7 heteroatoms. The molecule has 0 spiro atoms. The second kappa shape index (κ2) is 7.99. The summed E-state index contributed by atoms with van der Waals surface area (Å²) in [6.45, 7) is 5.73. The minimum Gasteiger partial charge on any atom is -0.470 e. The standard InChI is InChI=1S/C18H27N5O2/c1-2-9-22(10-3-1)13-16-14-24-21-17(25-16)15-5-11-23(12-6-15)18-19-7-4-8-20-18/h4,7-8,15-16H,1-3,5-6,9-14H2. The van der Waals surface area contributed by atoms with E-state index in [0.29, 0.717) is 12.5 Å². The molecule has 0 bridgehead atoms. The molecule has 136 valence electrons. The molecule has 2 fully saturated rings. The summed E-state index contributed by atoms with van der Waals surface area (Å²) in [6.07, 6.45) is 9.65. The van der Waals surface area contributed by atoms with Crippen LogP contribution < -0.4 is 4.90 Å². The molecule has 4 rings (SSSR count). The molecule has 0 aliphatic carbocycles. The minimum atomic E-state index is 0.112. The lowest BCUT2D eigenvalue weighted by Crippen LogP contribution is -2.44. The van der Waals surface area contributed by atoms with Crippen LogP contribution >= 0.6 is 0 Å². The van der Waals surface area contributed by atoms with Gasteiger partial charge in [-0.1, -0.05) is 11.6 Å². The molecule has 0 radical (unpaired) electrons. The molecule has 3 aliphatic rings. The normalized spacial score (nSPS) is 25.8. The van der Waals surface area contributed by atoms with E-state index in [1.807, 2.05) is 6.07 Å². The number of oxime groups is 1. The molecule has 0 N–H and O–H groups in total. The van der Waals surface area contributed by atoms with E-state index < -0.39 is 0 Å². The summed E-state index contributed by atoms with van der Waals surface area (Å²) >= 11 is 0. The Bertz CT molecular complexity index is 568. The largest absolute Gasteiger partial charge is 0.470 e. The quantitative estimate of drug-likeness (QED) is 0.831. The Morgan fingerprint density at radius 3 is 2.52 bits per heavy atom. The fourth-order valence-electron chi connectivity index (χ4n) is 3.88. The summed E-state index contributed by atoms with van der Waals surface area (Å²) in [5, 5.41) is 4.22.